The molecule has 0 saturated heterocycles. The van der Waals surface area contributed by atoms with Crippen molar-refractivity contribution in [2.24, 2.45) is 0 Å². The zero-order valence-corrected chi connectivity index (χ0v) is 8.37. The maximum Gasteiger partial charge on any atom is 0.341 e. The summed E-state index contributed by atoms with van der Waals surface area (Å²) in [6, 6.07) is 4.24. The first-order chi connectivity index (χ1) is 7.52. The van der Waals surface area contributed by atoms with Crippen molar-refractivity contribution in [2.75, 3.05) is 0 Å². The van der Waals surface area contributed by atoms with Gasteiger partial charge in [-0.1, -0.05) is 12.1 Å². The number of nitrogens with one attached hydrogen (secondary N) is 1. The molecule has 0 amide bonds. The molecule has 2 aromatic rings. The summed E-state index contributed by atoms with van der Waals surface area (Å²) in [6.45, 7) is 1.49. The molecule has 0 aliphatic carbocycles. The Balaban J connectivity index is 3.01. The molecule has 4 nitrogen and oxygen atoms in total. The fraction of sp³-hybridized carbons (Fsp3) is 0.0909. The molecule has 1 aromatic carbocycles. The van der Waals surface area contributed by atoms with E-state index in [1.807, 2.05) is 0 Å². The second-order valence-electron chi connectivity index (χ2n) is 3.42. The number of halogens is 1. The van der Waals surface area contributed by atoms with Crippen molar-refractivity contribution in [3.63, 3.8) is 0 Å². The lowest BCUT2D eigenvalue weighted by molar-refractivity contribution is 0.0694. The van der Waals surface area contributed by atoms with Crippen LogP contribution in [-0.4, -0.2) is 16.1 Å². The monoisotopic (exact) mass is 221 g/mol. The Kier molecular flexibility index (Phi) is 2.23. The van der Waals surface area contributed by atoms with Crippen LogP contribution in [0.5, 0.6) is 0 Å². The number of para-hydroxylation sites is 1. The van der Waals surface area contributed by atoms with Gasteiger partial charge >= 0.3 is 5.97 Å². The largest absolute Gasteiger partial charge is 0.477 e. The van der Waals surface area contributed by atoms with Gasteiger partial charge in [-0.25, -0.2) is 9.18 Å². The zero-order valence-electron chi connectivity index (χ0n) is 8.37. The Morgan fingerprint density at radius 3 is 2.75 bits per heavy atom. The van der Waals surface area contributed by atoms with Gasteiger partial charge in [0.1, 0.15) is 11.4 Å². The summed E-state index contributed by atoms with van der Waals surface area (Å²) in [4.78, 5) is 24.5. The minimum Gasteiger partial charge on any atom is -0.477 e. The van der Waals surface area contributed by atoms with Crippen LogP contribution < -0.4 is 5.56 Å². The number of carboxylic acid groups (broad SMARTS) is 1. The van der Waals surface area contributed by atoms with E-state index >= 15 is 0 Å². The normalized spacial score (nSPS) is 10.6. The third-order valence-corrected chi connectivity index (χ3v) is 2.47. The predicted octanol–water partition coefficient (Wildman–Crippen LogP) is 1.67. The van der Waals surface area contributed by atoms with Crippen LogP contribution in [0.4, 0.5) is 4.39 Å². The van der Waals surface area contributed by atoms with Gasteiger partial charge in [-0.15, -0.1) is 0 Å². The van der Waals surface area contributed by atoms with Crippen LogP contribution in [0.2, 0.25) is 0 Å². The molecule has 0 saturated carbocycles. The standard InChI is InChI=1S/C11H8FNO3/c1-5-6-3-2-4-7(12)9(6)13-10(14)8(5)11(15)16/h2-4H,1H3,(H,13,14)(H,15,16). The van der Waals surface area contributed by atoms with Crippen molar-refractivity contribution in [1.82, 2.24) is 4.98 Å². The molecule has 0 unspecified atom stereocenters. The predicted molar refractivity (Wildman–Crippen MR) is 56.2 cm³/mol. The van der Waals surface area contributed by atoms with Gasteiger partial charge in [-0.3, -0.25) is 4.79 Å². The second kappa shape index (κ2) is 3.44. The lowest BCUT2D eigenvalue weighted by Gasteiger charge is -2.05. The summed E-state index contributed by atoms with van der Waals surface area (Å²) in [7, 11) is 0. The average molecular weight is 221 g/mol. The summed E-state index contributed by atoms with van der Waals surface area (Å²) in [5.41, 5.74) is -0.832. The van der Waals surface area contributed by atoms with E-state index in [2.05, 4.69) is 4.98 Å². The van der Waals surface area contributed by atoms with E-state index in [-0.39, 0.29) is 16.6 Å². The van der Waals surface area contributed by atoms with E-state index in [1.54, 1.807) is 6.07 Å². The Hall–Kier alpha value is -2.17. The van der Waals surface area contributed by atoms with Crippen molar-refractivity contribution < 1.29 is 14.3 Å². The molecule has 16 heavy (non-hydrogen) atoms. The van der Waals surface area contributed by atoms with Crippen molar-refractivity contribution in [3.8, 4) is 0 Å². The van der Waals surface area contributed by atoms with Gasteiger partial charge in [-0.2, -0.15) is 0 Å². The number of pyridine rings is 1. The summed E-state index contributed by atoms with van der Waals surface area (Å²) >= 11 is 0. The average Bonchev–Trinajstić information content (AvgIpc) is 2.19. The first-order valence-corrected chi connectivity index (χ1v) is 4.56. The van der Waals surface area contributed by atoms with Crippen LogP contribution in [0.25, 0.3) is 10.9 Å². The van der Waals surface area contributed by atoms with Crippen molar-refractivity contribution in [3.05, 3.63) is 45.5 Å². The molecule has 82 valence electrons. The first kappa shape index (κ1) is 10.4. The highest BCUT2D eigenvalue weighted by Gasteiger charge is 2.16. The van der Waals surface area contributed by atoms with Crippen LogP contribution in [0, 0.1) is 12.7 Å². The molecule has 5 heteroatoms. The maximum absolute atomic E-state index is 13.4. The number of rotatable bonds is 1. The lowest BCUT2D eigenvalue weighted by atomic mass is 10.0. The van der Waals surface area contributed by atoms with Gasteiger partial charge < -0.3 is 10.1 Å². The molecule has 0 bridgehead atoms. The molecule has 0 atom stereocenters. The Labute approximate surface area is 89.3 Å². The summed E-state index contributed by atoms with van der Waals surface area (Å²) in [5.74, 6) is -1.89. The molecule has 0 aliphatic heterocycles. The van der Waals surface area contributed by atoms with E-state index < -0.39 is 17.3 Å². The Morgan fingerprint density at radius 1 is 1.44 bits per heavy atom. The van der Waals surface area contributed by atoms with Gasteiger partial charge in [-0.05, 0) is 18.6 Å². The van der Waals surface area contributed by atoms with E-state index in [4.69, 9.17) is 5.11 Å². The van der Waals surface area contributed by atoms with Crippen LogP contribution in [0.1, 0.15) is 15.9 Å². The van der Waals surface area contributed by atoms with Gasteiger partial charge in [0.2, 0.25) is 0 Å². The van der Waals surface area contributed by atoms with Crippen LogP contribution >= 0.6 is 0 Å². The van der Waals surface area contributed by atoms with Crippen LogP contribution in [0.3, 0.4) is 0 Å². The third-order valence-electron chi connectivity index (χ3n) is 2.47. The molecular formula is C11H8FNO3. The molecule has 2 rings (SSSR count). The van der Waals surface area contributed by atoms with Crippen LogP contribution in [0.15, 0.2) is 23.0 Å². The number of H-pyrrole nitrogens is 1. The quantitative estimate of drug-likeness (QED) is 0.769. The number of aryl methyl sites for hydroxylation is 1. The van der Waals surface area contributed by atoms with Crippen molar-refractivity contribution in [1.29, 1.82) is 0 Å². The molecule has 0 radical (unpaired) electrons. The molecule has 1 aromatic heterocycles. The van der Waals surface area contributed by atoms with Crippen molar-refractivity contribution >= 4 is 16.9 Å². The number of hydrogen-bond donors (Lipinski definition) is 2. The number of fused-ring (bicyclic) bond motifs is 1. The van der Waals surface area contributed by atoms with Gasteiger partial charge in [0, 0.05) is 5.39 Å². The molecule has 1 heterocycles. The van der Waals surface area contributed by atoms with E-state index in [9.17, 15) is 14.0 Å². The summed E-state index contributed by atoms with van der Waals surface area (Å²) in [6.07, 6.45) is 0. The van der Waals surface area contributed by atoms with E-state index in [1.165, 1.54) is 19.1 Å². The summed E-state index contributed by atoms with van der Waals surface area (Å²) < 4.78 is 13.4. The number of carbonyl (C=O) groups is 1. The highest BCUT2D eigenvalue weighted by molar-refractivity contribution is 5.95. The third kappa shape index (κ3) is 1.37. The highest BCUT2D eigenvalue weighted by Crippen LogP contribution is 2.19. The van der Waals surface area contributed by atoms with E-state index in [0.717, 1.165) is 0 Å². The maximum atomic E-state index is 13.4. The molecule has 0 aliphatic rings. The SMILES string of the molecule is Cc1c(C(=O)O)c(=O)[nH]c2c(F)cccc12. The Bertz CT molecular complexity index is 645. The lowest BCUT2D eigenvalue weighted by Crippen LogP contribution is -2.19. The fourth-order valence-electron chi connectivity index (χ4n) is 1.70. The number of carboxylic acids is 1. The topological polar surface area (TPSA) is 70.2 Å². The fourth-order valence-corrected chi connectivity index (χ4v) is 1.70. The minimum atomic E-state index is -1.31. The molecular weight excluding hydrogens is 213 g/mol. The van der Waals surface area contributed by atoms with Gasteiger partial charge in [0.25, 0.3) is 5.56 Å². The molecule has 0 fully saturated rings. The number of aromatic amines is 1. The first-order valence-electron chi connectivity index (χ1n) is 4.56. The van der Waals surface area contributed by atoms with Gasteiger partial charge in [0.15, 0.2) is 0 Å². The Morgan fingerprint density at radius 2 is 2.12 bits per heavy atom. The van der Waals surface area contributed by atoms with E-state index in [0.29, 0.717) is 5.39 Å². The highest BCUT2D eigenvalue weighted by atomic mass is 19.1. The zero-order chi connectivity index (χ0) is 11.9. The molecule has 0 spiro atoms. The van der Waals surface area contributed by atoms with Crippen LogP contribution in [-0.2, 0) is 0 Å². The molecule has 2 N–H and O–H groups in total. The van der Waals surface area contributed by atoms with Gasteiger partial charge in [0.05, 0.1) is 5.52 Å². The minimum absolute atomic E-state index is 0.0370. The summed E-state index contributed by atoms with van der Waals surface area (Å²) in [5, 5.41) is 9.26. The van der Waals surface area contributed by atoms with Crippen molar-refractivity contribution in [2.45, 2.75) is 6.92 Å². The smallest absolute Gasteiger partial charge is 0.341 e. The second-order valence-corrected chi connectivity index (χ2v) is 3.42. The number of aromatic nitrogens is 1. The number of hydrogen-bond acceptors (Lipinski definition) is 2. The number of aromatic carboxylic acids is 1. The number of benzene rings is 1.